The van der Waals surface area contributed by atoms with Crippen molar-refractivity contribution in [2.75, 3.05) is 26.3 Å². The molecular formula is C19H28N2O3. The Labute approximate surface area is 144 Å². The summed E-state index contributed by atoms with van der Waals surface area (Å²) in [6.45, 7) is 9.14. The van der Waals surface area contributed by atoms with Crippen LogP contribution in [0.4, 0.5) is 0 Å². The molecule has 0 spiro atoms. The molecule has 24 heavy (non-hydrogen) atoms. The van der Waals surface area contributed by atoms with Crippen LogP contribution >= 0.6 is 0 Å². The Morgan fingerprint density at radius 3 is 2.79 bits per heavy atom. The molecule has 0 bridgehead atoms. The number of carbonyl (C=O) groups excluding carboxylic acids is 1. The van der Waals surface area contributed by atoms with Crippen molar-refractivity contribution < 1.29 is 14.3 Å². The Morgan fingerprint density at radius 1 is 1.29 bits per heavy atom. The van der Waals surface area contributed by atoms with Gasteiger partial charge in [0, 0.05) is 23.9 Å². The van der Waals surface area contributed by atoms with E-state index in [1.165, 1.54) is 0 Å². The van der Waals surface area contributed by atoms with Crippen LogP contribution in [0.3, 0.4) is 0 Å². The molecule has 1 amide bonds. The predicted octanol–water partition coefficient (Wildman–Crippen LogP) is 2.24. The number of rotatable bonds is 4. The average molecular weight is 332 g/mol. The van der Waals surface area contributed by atoms with E-state index in [4.69, 9.17) is 9.47 Å². The quantitative estimate of drug-likeness (QED) is 0.888. The van der Waals surface area contributed by atoms with Crippen LogP contribution < -0.4 is 20.1 Å². The number of hydrogen-bond acceptors (Lipinski definition) is 4. The van der Waals surface area contributed by atoms with E-state index in [9.17, 15) is 4.79 Å². The largest absolute Gasteiger partial charge is 0.486 e. The molecule has 2 heterocycles. The van der Waals surface area contributed by atoms with Crippen molar-refractivity contribution in [3.05, 3.63) is 23.8 Å². The zero-order valence-corrected chi connectivity index (χ0v) is 14.9. The van der Waals surface area contributed by atoms with E-state index in [1.54, 1.807) is 0 Å². The van der Waals surface area contributed by atoms with Crippen molar-refractivity contribution in [2.24, 2.45) is 5.92 Å². The van der Waals surface area contributed by atoms with Crippen LogP contribution in [0.5, 0.6) is 11.5 Å². The first-order valence-electron chi connectivity index (χ1n) is 8.87. The first-order chi connectivity index (χ1) is 11.5. The van der Waals surface area contributed by atoms with Gasteiger partial charge in [0.05, 0.1) is 0 Å². The second-order valence-electron chi connectivity index (χ2n) is 7.54. The van der Waals surface area contributed by atoms with Gasteiger partial charge in [-0.2, -0.15) is 0 Å². The van der Waals surface area contributed by atoms with Crippen molar-refractivity contribution >= 4 is 5.91 Å². The van der Waals surface area contributed by atoms with Crippen molar-refractivity contribution in [2.45, 2.75) is 45.1 Å². The van der Waals surface area contributed by atoms with Gasteiger partial charge in [0.2, 0.25) is 5.91 Å². The minimum absolute atomic E-state index is 0.123. The fourth-order valence-corrected chi connectivity index (χ4v) is 3.39. The number of benzene rings is 1. The molecule has 2 atom stereocenters. The van der Waals surface area contributed by atoms with Gasteiger partial charge in [-0.05, 0) is 44.0 Å². The molecule has 1 aromatic rings. The van der Waals surface area contributed by atoms with Crippen LogP contribution in [0, 0.1) is 5.92 Å². The van der Waals surface area contributed by atoms with E-state index in [-0.39, 0.29) is 17.2 Å². The first-order valence-corrected chi connectivity index (χ1v) is 8.87. The minimum Gasteiger partial charge on any atom is -0.486 e. The number of nitrogens with one attached hydrogen (secondary N) is 2. The summed E-state index contributed by atoms with van der Waals surface area (Å²) in [6.07, 6.45) is 1.83. The van der Waals surface area contributed by atoms with Crippen LogP contribution in [0.25, 0.3) is 0 Å². The van der Waals surface area contributed by atoms with Crippen LogP contribution in [0.1, 0.15) is 39.2 Å². The molecule has 0 unspecified atom stereocenters. The zero-order valence-electron chi connectivity index (χ0n) is 14.9. The van der Waals surface area contributed by atoms with Crippen molar-refractivity contribution in [1.29, 1.82) is 0 Å². The van der Waals surface area contributed by atoms with Gasteiger partial charge < -0.3 is 20.1 Å². The maximum atomic E-state index is 12.5. The third-order valence-electron chi connectivity index (χ3n) is 5.02. The standard InChI is InChI=1S/C19H28N2O3/c1-13-10-14(6-7-20-13)18(22)21-12-19(2,3)15-4-5-16-17(11-15)24-9-8-23-16/h4-5,11,13-14,20H,6-10,12H2,1-3H3,(H,21,22)/t13-,14-/m0/s1. The topological polar surface area (TPSA) is 59.6 Å². The highest BCUT2D eigenvalue weighted by atomic mass is 16.6. The van der Waals surface area contributed by atoms with Crippen LogP contribution in [0.2, 0.25) is 0 Å². The summed E-state index contributed by atoms with van der Waals surface area (Å²) < 4.78 is 11.3. The van der Waals surface area contributed by atoms with E-state index in [2.05, 4.69) is 37.5 Å². The molecule has 1 aromatic carbocycles. The highest BCUT2D eigenvalue weighted by Crippen LogP contribution is 2.35. The number of amides is 1. The molecule has 0 radical (unpaired) electrons. The second-order valence-corrected chi connectivity index (χ2v) is 7.54. The van der Waals surface area contributed by atoms with Gasteiger partial charge in [-0.15, -0.1) is 0 Å². The Hall–Kier alpha value is -1.75. The highest BCUT2D eigenvalue weighted by molar-refractivity contribution is 5.79. The van der Waals surface area contributed by atoms with Gasteiger partial charge in [0.1, 0.15) is 13.2 Å². The molecule has 2 aliphatic rings. The lowest BCUT2D eigenvalue weighted by Gasteiger charge is -2.30. The lowest BCUT2D eigenvalue weighted by molar-refractivity contribution is -0.126. The number of carbonyl (C=O) groups is 1. The smallest absolute Gasteiger partial charge is 0.223 e. The molecule has 2 aliphatic heterocycles. The molecular weight excluding hydrogens is 304 g/mol. The van der Waals surface area contributed by atoms with Crippen molar-refractivity contribution in [1.82, 2.24) is 10.6 Å². The fraction of sp³-hybridized carbons (Fsp3) is 0.632. The summed E-state index contributed by atoms with van der Waals surface area (Å²) in [5.41, 5.74) is 0.982. The van der Waals surface area contributed by atoms with Gasteiger partial charge in [-0.25, -0.2) is 0 Å². The number of hydrogen-bond donors (Lipinski definition) is 2. The van der Waals surface area contributed by atoms with Gasteiger partial charge in [0.25, 0.3) is 0 Å². The molecule has 0 aromatic heterocycles. The zero-order chi connectivity index (χ0) is 17.2. The highest BCUT2D eigenvalue weighted by Gasteiger charge is 2.28. The summed E-state index contributed by atoms with van der Waals surface area (Å²) in [4.78, 5) is 12.5. The minimum atomic E-state index is -0.163. The summed E-state index contributed by atoms with van der Waals surface area (Å²) >= 11 is 0. The van der Waals surface area contributed by atoms with E-state index < -0.39 is 0 Å². The Balaban J connectivity index is 1.62. The Morgan fingerprint density at radius 2 is 2.04 bits per heavy atom. The van der Waals surface area contributed by atoms with Gasteiger partial charge in [-0.1, -0.05) is 19.9 Å². The molecule has 0 saturated carbocycles. The Bertz CT molecular complexity index is 600. The molecule has 2 N–H and O–H groups in total. The van der Waals surface area contributed by atoms with Crippen LogP contribution in [-0.2, 0) is 10.2 Å². The maximum Gasteiger partial charge on any atom is 0.223 e. The molecule has 5 heteroatoms. The monoisotopic (exact) mass is 332 g/mol. The summed E-state index contributed by atoms with van der Waals surface area (Å²) in [5.74, 6) is 1.89. The van der Waals surface area contributed by atoms with Gasteiger partial charge >= 0.3 is 0 Å². The molecule has 5 nitrogen and oxygen atoms in total. The third-order valence-corrected chi connectivity index (χ3v) is 5.02. The predicted molar refractivity (Wildman–Crippen MR) is 93.7 cm³/mol. The molecule has 1 saturated heterocycles. The van der Waals surface area contributed by atoms with Gasteiger partial charge in [0.15, 0.2) is 11.5 Å². The normalized spacial score (nSPS) is 23.6. The number of fused-ring (bicyclic) bond motifs is 1. The SMILES string of the molecule is C[C@H]1C[C@@H](C(=O)NCC(C)(C)c2ccc3c(c2)OCCO3)CCN1. The summed E-state index contributed by atoms with van der Waals surface area (Å²) in [7, 11) is 0. The summed E-state index contributed by atoms with van der Waals surface area (Å²) in [6, 6.07) is 6.47. The van der Waals surface area contributed by atoms with E-state index in [0.717, 1.165) is 36.4 Å². The van der Waals surface area contributed by atoms with Crippen molar-refractivity contribution in [3.8, 4) is 11.5 Å². The lowest BCUT2D eigenvalue weighted by Crippen LogP contribution is -2.45. The number of ether oxygens (including phenoxy) is 2. The lowest BCUT2D eigenvalue weighted by atomic mass is 9.84. The first kappa shape index (κ1) is 17.1. The average Bonchev–Trinajstić information content (AvgIpc) is 2.59. The van der Waals surface area contributed by atoms with E-state index in [1.807, 2.05) is 12.1 Å². The summed E-state index contributed by atoms with van der Waals surface area (Å²) in [5, 5.41) is 6.54. The van der Waals surface area contributed by atoms with Crippen molar-refractivity contribution in [3.63, 3.8) is 0 Å². The third kappa shape index (κ3) is 3.83. The molecule has 3 rings (SSSR count). The van der Waals surface area contributed by atoms with E-state index in [0.29, 0.717) is 25.8 Å². The van der Waals surface area contributed by atoms with Crippen LogP contribution in [-0.4, -0.2) is 38.3 Å². The van der Waals surface area contributed by atoms with Crippen LogP contribution in [0.15, 0.2) is 18.2 Å². The molecule has 1 fully saturated rings. The maximum absolute atomic E-state index is 12.5. The second kappa shape index (κ2) is 7.01. The number of piperidine rings is 1. The Kier molecular flexibility index (Phi) is 4.99. The fourth-order valence-electron chi connectivity index (χ4n) is 3.39. The van der Waals surface area contributed by atoms with E-state index >= 15 is 0 Å². The van der Waals surface area contributed by atoms with Gasteiger partial charge in [-0.3, -0.25) is 4.79 Å². The molecule has 0 aliphatic carbocycles. The molecule has 132 valence electrons.